The molecule has 0 radical (unpaired) electrons. The molecule has 72 heavy (non-hydrogen) atoms. The van der Waals surface area contributed by atoms with Crippen molar-refractivity contribution >= 4 is 61.9 Å². The molecule has 8 aromatic carbocycles. The Bertz CT molecular complexity index is 3990. The third kappa shape index (κ3) is 4.18. The summed E-state index contributed by atoms with van der Waals surface area (Å²) in [5.41, 5.74) is 27.3. The summed E-state index contributed by atoms with van der Waals surface area (Å²) in [5, 5.41) is 4.87. The molecule has 9 aromatic rings. The van der Waals surface area contributed by atoms with E-state index in [4.69, 9.17) is 4.42 Å². The maximum atomic E-state index is 7.37. The molecule has 5 unspecified atom stereocenters. The highest BCUT2D eigenvalue weighted by atomic mass is 16.3. The summed E-state index contributed by atoms with van der Waals surface area (Å²) >= 11 is 0. The van der Waals surface area contributed by atoms with Crippen LogP contribution in [0.4, 0.5) is 11.4 Å². The molecule has 11 aliphatic rings. The summed E-state index contributed by atoms with van der Waals surface area (Å²) < 4.78 is 7.37. The summed E-state index contributed by atoms with van der Waals surface area (Å²) in [6, 6.07) is 57.8. The van der Waals surface area contributed by atoms with Crippen LogP contribution in [0.15, 0.2) is 150 Å². The molecule has 1 aromatic heterocycles. The summed E-state index contributed by atoms with van der Waals surface area (Å²) in [7, 11) is 0. The number of benzene rings is 8. The Kier molecular flexibility index (Phi) is 6.49. The minimum Gasteiger partial charge on any atom is -0.454 e. The molecule has 5 atom stereocenters. The minimum atomic E-state index is -0.0117. The summed E-state index contributed by atoms with van der Waals surface area (Å²) in [5.74, 6) is 6.17. The second-order valence-corrected chi connectivity index (χ2v) is 26.4. The van der Waals surface area contributed by atoms with Crippen LogP contribution in [-0.2, 0) is 17.3 Å². The summed E-state index contributed by atoms with van der Waals surface area (Å²) in [6.07, 6.45) is 15.6. The number of furan rings is 1. The Labute approximate surface area is 421 Å². The van der Waals surface area contributed by atoms with Crippen LogP contribution in [0.3, 0.4) is 0 Å². The molecular formula is C69H56BNO. The highest BCUT2D eigenvalue weighted by Crippen LogP contribution is 2.86. The maximum absolute atomic E-state index is 7.37. The van der Waals surface area contributed by atoms with Gasteiger partial charge in [0, 0.05) is 27.9 Å². The van der Waals surface area contributed by atoms with E-state index in [0.717, 1.165) is 53.1 Å². The SMILES string of the molecule is Cc1cc2c3c(c1)C1Cc4ccc(C56CC7CC8CC(C5)C87C6)cc4-c4cc(C56CC7CC8CC(C5)C87C6)cc(c41)B3N(c1ccc(-c3ccccc3)cc1)c1c-2ccc2c1oc1cc3ccccc3cc12. The zero-order chi connectivity index (χ0) is 46.4. The van der Waals surface area contributed by atoms with E-state index in [9.17, 15) is 0 Å². The quantitative estimate of drug-likeness (QED) is 0.164. The van der Waals surface area contributed by atoms with E-state index in [1.54, 1.807) is 44.4 Å². The van der Waals surface area contributed by atoms with Gasteiger partial charge >= 0.3 is 6.85 Å². The number of hydrogen-bond acceptors (Lipinski definition) is 2. The Hall–Kier alpha value is -6.32. The fourth-order valence-corrected chi connectivity index (χ4v) is 21.5. The second-order valence-electron chi connectivity index (χ2n) is 26.4. The lowest BCUT2D eigenvalue weighted by Gasteiger charge is -2.66. The zero-order valence-electron chi connectivity index (χ0n) is 41.1. The number of fused-ring (bicyclic) bond motifs is 13. The lowest BCUT2D eigenvalue weighted by Crippen LogP contribution is -2.63. The van der Waals surface area contributed by atoms with Crippen LogP contribution in [-0.4, -0.2) is 6.85 Å². The molecule has 8 fully saturated rings. The van der Waals surface area contributed by atoms with Crippen molar-refractivity contribution in [1.29, 1.82) is 0 Å². The van der Waals surface area contributed by atoms with Crippen LogP contribution in [0.2, 0.25) is 0 Å². The topological polar surface area (TPSA) is 16.4 Å². The normalized spacial score (nSPS) is 34.2. The first kappa shape index (κ1) is 38.3. The van der Waals surface area contributed by atoms with E-state index in [1.807, 2.05) is 0 Å². The van der Waals surface area contributed by atoms with Crippen molar-refractivity contribution in [3.8, 4) is 33.4 Å². The fourth-order valence-electron chi connectivity index (χ4n) is 21.5. The fraction of sp³-hybridized carbons (Fsp3) is 0.333. The van der Waals surface area contributed by atoms with Crippen LogP contribution in [0.5, 0.6) is 0 Å². The smallest absolute Gasteiger partial charge is 0.329 e. The number of hydrogen-bond donors (Lipinski definition) is 0. The van der Waals surface area contributed by atoms with Gasteiger partial charge in [-0.15, -0.1) is 0 Å². The van der Waals surface area contributed by atoms with Gasteiger partial charge in [0.05, 0.1) is 5.69 Å². The molecule has 346 valence electrons. The minimum absolute atomic E-state index is 0.0117. The molecule has 3 heterocycles. The van der Waals surface area contributed by atoms with Crippen LogP contribution < -0.4 is 15.7 Å². The van der Waals surface area contributed by atoms with E-state index < -0.39 is 0 Å². The Morgan fingerprint density at radius 3 is 1.92 bits per heavy atom. The van der Waals surface area contributed by atoms with E-state index in [0.29, 0.717) is 22.2 Å². The summed E-state index contributed by atoms with van der Waals surface area (Å²) in [4.78, 5) is 2.79. The largest absolute Gasteiger partial charge is 0.454 e. The van der Waals surface area contributed by atoms with Crippen LogP contribution in [0.1, 0.15) is 104 Å². The predicted molar refractivity (Wildman–Crippen MR) is 293 cm³/mol. The molecule has 2 nitrogen and oxygen atoms in total. The zero-order valence-corrected chi connectivity index (χ0v) is 41.1. The van der Waals surface area contributed by atoms with Gasteiger partial charge in [0.1, 0.15) is 5.58 Å². The molecule has 4 bridgehead atoms. The van der Waals surface area contributed by atoms with Gasteiger partial charge in [-0.05, 0) is 242 Å². The standard InChI is InChI=1S/C69H56BNO/c1-37-19-58-52-17-18-53-55-21-40-9-5-6-10-41(40)23-61(55)72-65(53)64(52)71(51-15-12-39(13-16-51)38-7-3-2-4-8-38)70-60-30-44(67-33-49-26-46-27-50(34-67)69(46,49)36-67)29-57-54-28-43(66-31-47-24-45-25-48(32-66)68(45,47)35-66)14-11-42(54)22-56(62(57)60)59(20-37)63(58)70/h2-21,23,28-30,45-50,56H,22,24-27,31-36H2,1H3. The Morgan fingerprint density at radius 2 is 1.21 bits per heavy atom. The third-order valence-corrected chi connectivity index (χ3v) is 24.1. The molecule has 0 amide bonds. The van der Waals surface area contributed by atoms with Crippen LogP contribution in [0, 0.1) is 53.3 Å². The Morgan fingerprint density at radius 1 is 0.542 bits per heavy atom. The Balaban J connectivity index is 0.869. The lowest BCUT2D eigenvalue weighted by molar-refractivity contribution is -0.175. The number of rotatable bonds is 4. The van der Waals surface area contributed by atoms with E-state index >= 15 is 0 Å². The van der Waals surface area contributed by atoms with Crippen LogP contribution >= 0.6 is 0 Å². The predicted octanol–water partition coefficient (Wildman–Crippen LogP) is 15.5. The molecule has 0 N–H and O–H groups in total. The first-order valence-corrected chi connectivity index (χ1v) is 28.2. The molecule has 2 spiro atoms. The molecule has 9 aliphatic carbocycles. The van der Waals surface area contributed by atoms with Crippen molar-refractivity contribution in [2.45, 2.75) is 94.3 Å². The van der Waals surface area contributed by atoms with Gasteiger partial charge in [-0.25, -0.2) is 0 Å². The van der Waals surface area contributed by atoms with Gasteiger partial charge < -0.3 is 9.23 Å². The highest BCUT2D eigenvalue weighted by molar-refractivity contribution is 6.92. The molecule has 8 saturated carbocycles. The van der Waals surface area contributed by atoms with E-state index in [2.05, 4.69) is 157 Å². The molecule has 3 heteroatoms. The van der Waals surface area contributed by atoms with Crippen molar-refractivity contribution < 1.29 is 4.42 Å². The third-order valence-electron chi connectivity index (χ3n) is 24.1. The van der Waals surface area contributed by atoms with E-state index in [-0.39, 0.29) is 12.3 Å². The molecule has 20 rings (SSSR count). The maximum Gasteiger partial charge on any atom is 0.329 e. The van der Waals surface area contributed by atoms with Crippen molar-refractivity contribution in [1.82, 2.24) is 0 Å². The van der Waals surface area contributed by atoms with Gasteiger partial charge in [0.2, 0.25) is 0 Å². The molecule has 0 saturated heterocycles. The number of aryl methyl sites for hydroxylation is 1. The van der Waals surface area contributed by atoms with Crippen LogP contribution in [0.25, 0.3) is 66.1 Å². The van der Waals surface area contributed by atoms with Crippen molar-refractivity contribution in [3.05, 3.63) is 179 Å². The van der Waals surface area contributed by atoms with Gasteiger partial charge in [-0.3, -0.25) is 0 Å². The van der Waals surface area contributed by atoms with Gasteiger partial charge in [0.25, 0.3) is 0 Å². The van der Waals surface area contributed by atoms with Gasteiger partial charge in [0.15, 0.2) is 5.58 Å². The first-order valence-electron chi connectivity index (χ1n) is 28.2. The molecular weight excluding hydrogens is 870 g/mol. The van der Waals surface area contributed by atoms with Crippen molar-refractivity contribution in [2.24, 2.45) is 46.3 Å². The average molecular weight is 926 g/mol. The lowest BCUT2D eigenvalue weighted by atomic mass is 9.38. The first-order chi connectivity index (χ1) is 35.4. The van der Waals surface area contributed by atoms with E-state index in [1.165, 1.54) is 130 Å². The summed E-state index contributed by atoms with van der Waals surface area (Å²) in [6.45, 7) is 2.34. The van der Waals surface area contributed by atoms with Crippen molar-refractivity contribution in [3.63, 3.8) is 0 Å². The van der Waals surface area contributed by atoms with Gasteiger partial charge in [-0.1, -0.05) is 121 Å². The number of nitrogens with zero attached hydrogens (tertiary/aromatic N) is 1. The van der Waals surface area contributed by atoms with Crippen molar-refractivity contribution in [2.75, 3.05) is 4.81 Å². The molecule has 2 aliphatic heterocycles. The average Bonchev–Trinajstić information content (AvgIpc) is 4.18. The van der Waals surface area contributed by atoms with Gasteiger partial charge in [-0.2, -0.15) is 0 Å². The number of anilines is 2. The monoisotopic (exact) mass is 925 g/mol. The highest BCUT2D eigenvalue weighted by Gasteiger charge is 2.78. The second kappa shape index (κ2) is 12.2.